The van der Waals surface area contributed by atoms with Crippen molar-refractivity contribution in [1.29, 1.82) is 0 Å². The highest BCUT2D eigenvalue weighted by Crippen LogP contribution is 2.32. The Morgan fingerprint density at radius 2 is 2.20 bits per heavy atom. The molecule has 3 rings (SSSR count). The Morgan fingerprint density at radius 1 is 1.35 bits per heavy atom. The number of tetrazole rings is 1. The van der Waals surface area contributed by atoms with E-state index in [9.17, 15) is 4.39 Å². The van der Waals surface area contributed by atoms with E-state index in [1.54, 1.807) is 10.7 Å². The van der Waals surface area contributed by atoms with Gasteiger partial charge in [-0.05, 0) is 53.3 Å². The number of nitrogens with two attached hydrogens (primary N) is 1. The Bertz CT molecular complexity index is 589. The van der Waals surface area contributed by atoms with Crippen LogP contribution in [0.25, 0.3) is 11.4 Å². The van der Waals surface area contributed by atoms with Crippen LogP contribution in [0.4, 0.5) is 10.1 Å². The van der Waals surface area contributed by atoms with Crippen LogP contribution in [0.15, 0.2) is 18.2 Å². The first-order valence-electron chi connectivity index (χ1n) is 6.94. The zero-order chi connectivity index (χ0) is 14.1. The molecule has 1 saturated carbocycles. The van der Waals surface area contributed by atoms with Crippen molar-refractivity contribution in [3.05, 3.63) is 24.0 Å². The Labute approximate surface area is 117 Å². The number of anilines is 1. The van der Waals surface area contributed by atoms with Crippen LogP contribution < -0.4 is 5.73 Å². The van der Waals surface area contributed by atoms with Crippen molar-refractivity contribution in [3.63, 3.8) is 0 Å². The van der Waals surface area contributed by atoms with Crippen molar-refractivity contribution in [2.24, 2.45) is 11.8 Å². The molecule has 106 valence electrons. The van der Waals surface area contributed by atoms with Crippen LogP contribution in [0.1, 0.15) is 26.2 Å². The largest absolute Gasteiger partial charge is 0.399 e. The molecule has 1 aromatic carbocycles. The fraction of sp³-hybridized carbons (Fsp3) is 0.500. The third-order valence-corrected chi connectivity index (χ3v) is 3.94. The van der Waals surface area contributed by atoms with Crippen LogP contribution in [0.5, 0.6) is 0 Å². The number of nitrogens with zero attached hydrogens (tertiary/aromatic N) is 4. The fourth-order valence-corrected chi connectivity index (χ4v) is 3.01. The molecule has 2 N–H and O–H groups in total. The summed E-state index contributed by atoms with van der Waals surface area (Å²) in [5.74, 6) is 1.57. The Kier molecular flexibility index (Phi) is 3.38. The van der Waals surface area contributed by atoms with Crippen molar-refractivity contribution in [2.75, 3.05) is 5.73 Å². The van der Waals surface area contributed by atoms with E-state index in [-0.39, 0.29) is 5.82 Å². The van der Waals surface area contributed by atoms with Crippen LogP contribution in [0.2, 0.25) is 0 Å². The minimum atomic E-state index is -0.371. The first-order valence-corrected chi connectivity index (χ1v) is 6.94. The van der Waals surface area contributed by atoms with E-state index < -0.39 is 0 Å². The Hall–Kier alpha value is -1.98. The second-order valence-electron chi connectivity index (χ2n) is 5.74. The fourth-order valence-electron chi connectivity index (χ4n) is 3.01. The maximum absolute atomic E-state index is 13.4. The number of halogens is 1. The Balaban J connectivity index is 1.86. The lowest BCUT2D eigenvalue weighted by molar-refractivity contribution is 0.412. The van der Waals surface area contributed by atoms with Gasteiger partial charge in [0.15, 0.2) is 5.82 Å². The molecule has 1 aliphatic carbocycles. The molecule has 0 saturated heterocycles. The van der Waals surface area contributed by atoms with Gasteiger partial charge in [0.1, 0.15) is 5.82 Å². The third kappa shape index (κ3) is 2.64. The summed E-state index contributed by atoms with van der Waals surface area (Å²) in [4.78, 5) is 0. The molecule has 1 aliphatic rings. The summed E-state index contributed by atoms with van der Waals surface area (Å²) >= 11 is 0. The third-order valence-electron chi connectivity index (χ3n) is 3.94. The smallest absolute Gasteiger partial charge is 0.182 e. The topological polar surface area (TPSA) is 69.6 Å². The van der Waals surface area contributed by atoms with Gasteiger partial charge in [0.05, 0.1) is 0 Å². The molecule has 0 radical (unpaired) electrons. The lowest BCUT2D eigenvalue weighted by Crippen LogP contribution is -2.11. The van der Waals surface area contributed by atoms with Gasteiger partial charge in [0.2, 0.25) is 0 Å². The predicted molar refractivity (Wildman–Crippen MR) is 74.1 cm³/mol. The van der Waals surface area contributed by atoms with Gasteiger partial charge in [-0.2, -0.15) is 0 Å². The zero-order valence-electron chi connectivity index (χ0n) is 11.5. The van der Waals surface area contributed by atoms with Crippen molar-refractivity contribution < 1.29 is 4.39 Å². The summed E-state index contributed by atoms with van der Waals surface area (Å²) < 4.78 is 15.2. The maximum atomic E-state index is 13.4. The molecule has 0 amide bonds. The van der Waals surface area contributed by atoms with Gasteiger partial charge in [-0.3, -0.25) is 0 Å². The minimum Gasteiger partial charge on any atom is -0.399 e. The van der Waals surface area contributed by atoms with Crippen LogP contribution in [0, 0.1) is 17.7 Å². The van der Waals surface area contributed by atoms with E-state index in [1.165, 1.54) is 31.4 Å². The number of hydrogen-bond donors (Lipinski definition) is 1. The van der Waals surface area contributed by atoms with Crippen LogP contribution in [0.3, 0.4) is 0 Å². The molecule has 20 heavy (non-hydrogen) atoms. The Morgan fingerprint density at radius 3 is 2.90 bits per heavy atom. The monoisotopic (exact) mass is 275 g/mol. The van der Waals surface area contributed by atoms with E-state index in [0.29, 0.717) is 23.0 Å². The molecule has 0 bridgehead atoms. The molecule has 1 fully saturated rings. The molecule has 2 unspecified atom stereocenters. The summed E-state index contributed by atoms with van der Waals surface area (Å²) in [7, 11) is 0. The maximum Gasteiger partial charge on any atom is 0.182 e. The lowest BCUT2D eigenvalue weighted by Gasteiger charge is -2.11. The highest BCUT2D eigenvalue weighted by molar-refractivity contribution is 5.61. The second-order valence-corrected chi connectivity index (χ2v) is 5.74. The van der Waals surface area contributed by atoms with Crippen molar-refractivity contribution in [3.8, 4) is 11.4 Å². The molecular weight excluding hydrogens is 257 g/mol. The second kappa shape index (κ2) is 5.19. The average molecular weight is 275 g/mol. The molecule has 5 nitrogen and oxygen atoms in total. The van der Waals surface area contributed by atoms with E-state index >= 15 is 0 Å². The minimum absolute atomic E-state index is 0.371. The number of aromatic nitrogens is 4. The average Bonchev–Trinajstić information content (AvgIpc) is 2.98. The molecular formula is C14H18FN5. The molecule has 2 aromatic rings. The van der Waals surface area contributed by atoms with Crippen LogP contribution in [-0.2, 0) is 6.54 Å². The molecule has 2 atom stereocenters. The van der Waals surface area contributed by atoms with Gasteiger partial charge in [-0.1, -0.05) is 13.3 Å². The van der Waals surface area contributed by atoms with E-state index in [2.05, 4.69) is 22.4 Å². The van der Waals surface area contributed by atoms with Crippen molar-refractivity contribution in [2.45, 2.75) is 32.7 Å². The highest BCUT2D eigenvalue weighted by atomic mass is 19.1. The molecule has 6 heteroatoms. The van der Waals surface area contributed by atoms with Crippen molar-refractivity contribution in [1.82, 2.24) is 20.2 Å². The van der Waals surface area contributed by atoms with Gasteiger partial charge in [-0.15, -0.1) is 5.10 Å². The highest BCUT2D eigenvalue weighted by Gasteiger charge is 2.23. The summed E-state index contributed by atoms with van der Waals surface area (Å²) in [5.41, 5.74) is 6.68. The number of nitrogen functional groups attached to an aromatic ring is 1. The van der Waals surface area contributed by atoms with Gasteiger partial charge in [-0.25, -0.2) is 9.07 Å². The van der Waals surface area contributed by atoms with Gasteiger partial charge >= 0.3 is 0 Å². The van der Waals surface area contributed by atoms with Gasteiger partial charge in [0, 0.05) is 17.8 Å². The van der Waals surface area contributed by atoms with Gasteiger partial charge in [0.25, 0.3) is 0 Å². The number of rotatable bonds is 3. The van der Waals surface area contributed by atoms with E-state index in [0.717, 1.165) is 12.5 Å². The SMILES string of the molecule is CC1CCC(Cn2nnnc2-c2cc(N)cc(F)c2)C1. The van der Waals surface area contributed by atoms with E-state index in [1.807, 2.05) is 0 Å². The summed E-state index contributed by atoms with van der Waals surface area (Å²) in [5, 5.41) is 11.8. The first-order chi connectivity index (χ1) is 9.61. The summed E-state index contributed by atoms with van der Waals surface area (Å²) in [6.45, 7) is 3.05. The summed E-state index contributed by atoms with van der Waals surface area (Å²) in [6, 6.07) is 4.40. The number of hydrogen-bond acceptors (Lipinski definition) is 4. The van der Waals surface area contributed by atoms with E-state index in [4.69, 9.17) is 5.73 Å². The number of benzene rings is 1. The van der Waals surface area contributed by atoms with Crippen LogP contribution >= 0.6 is 0 Å². The van der Waals surface area contributed by atoms with Crippen LogP contribution in [-0.4, -0.2) is 20.2 Å². The molecule has 0 aliphatic heterocycles. The molecule has 1 aromatic heterocycles. The molecule has 1 heterocycles. The zero-order valence-corrected chi connectivity index (χ0v) is 11.5. The van der Waals surface area contributed by atoms with Crippen molar-refractivity contribution >= 4 is 5.69 Å². The quantitative estimate of drug-likeness (QED) is 0.874. The predicted octanol–water partition coefficient (Wildman–Crippen LogP) is 2.50. The lowest BCUT2D eigenvalue weighted by atomic mass is 10.1. The normalized spacial score (nSPS) is 22.3. The standard InChI is InChI=1S/C14H18FN5/c1-9-2-3-10(4-9)8-20-14(17-18-19-20)11-5-12(15)7-13(16)6-11/h5-7,9-10H,2-4,8,16H2,1H3. The first kappa shape index (κ1) is 13.0. The summed E-state index contributed by atoms with van der Waals surface area (Å²) in [6.07, 6.45) is 3.66. The van der Waals surface area contributed by atoms with Gasteiger partial charge < -0.3 is 5.73 Å². The molecule has 0 spiro atoms.